The summed E-state index contributed by atoms with van der Waals surface area (Å²) in [6, 6.07) is 16.3. The minimum atomic E-state index is -0.526. The molecule has 104 valence electrons. The van der Waals surface area contributed by atoms with E-state index in [4.69, 9.17) is 10.00 Å². The smallest absolute Gasteiger partial charge is 0.235 e. The van der Waals surface area contributed by atoms with E-state index in [1.54, 1.807) is 36.4 Å². The van der Waals surface area contributed by atoms with E-state index < -0.39 is 4.92 Å². The molecule has 2 aromatic rings. The Bertz CT molecular complexity index is 717. The highest BCUT2D eigenvalue weighted by molar-refractivity contribution is 5.56. The largest absolute Gasteiger partial charge is 0.488 e. The van der Waals surface area contributed by atoms with Crippen LogP contribution in [0.1, 0.15) is 16.7 Å². The van der Waals surface area contributed by atoms with Crippen LogP contribution in [0.2, 0.25) is 0 Å². The zero-order valence-electron chi connectivity index (χ0n) is 11.1. The third-order valence-corrected chi connectivity index (χ3v) is 2.82. The molecule has 0 spiro atoms. The fourth-order valence-electron chi connectivity index (χ4n) is 1.80. The minimum absolute atomic E-state index is 0.229. The lowest BCUT2D eigenvalue weighted by Gasteiger charge is -2.09. The summed E-state index contributed by atoms with van der Waals surface area (Å²) in [5.41, 5.74) is 1.94. The van der Waals surface area contributed by atoms with Crippen LogP contribution in [-0.2, 0) is 6.61 Å². The van der Waals surface area contributed by atoms with Crippen LogP contribution in [0.3, 0.4) is 0 Å². The summed E-state index contributed by atoms with van der Waals surface area (Å²) in [6.45, 7) is 0.229. The number of nitriles is 1. The van der Waals surface area contributed by atoms with Crippen molar-refractivity contribution in [3.63, 3.8) is 0 Å². The molecule has 0 bridgehead atoms. The van der Waals surface area contributed by atoms with Gasteiger partial charge < -0.3 is 4.74 Å². The van der Waals surface area contributed by atoms with Crippen LogP contribution in [-0.4, -0.2) is 4.92 Å². The van der Waals surface area contributed by atoms with Crippen molar-refractivity contribution >= 4 is 6.08 Å². The van der Waals surface area contributed by atoms with Gasteiger partial charge in [0.2, 0.25) is 6.20 Å². The molecule has 0 radical (unpaired) electrons. The third kappa shape index (κ3) is 3.91. The van der Waals surface area contributed by atoms with Crippen molar-refractivity contribution in [2.45, 2.75) is 6.61 Å². The highest BCUT2D eigenvalue weighted by atomic mass is 16.6. The van der Waals surface area contributed by atoms with Crippen molar-refractivity contribution in [2.24, 2.45) is 0 Å². The molecule has 0 fully saturated rings. The maximum Gasteiger partial charge on any atom is 0.235 e. The van der Waals surface area contributed by atoms with Gasteiger partial charge in [0.1, 0.15) is 12.4 Å². The number of ether oxygens (including phenoxy) is 1. The van der Waals surface area contributed by atoms with Crippen LogP contribution >= 0.6 is 0 Å². The van der Waals surface area contributed by atoms with Crippen LogP contribution in [0.5, 0.6) is 5.75 Å². The summed E-state index contributed by atoms with van der Waals surface area (Å²) >= 11 is 0. The van der Waals surface area contributed by atoms with E-state index in [1.807, 2.05) is 12.1 Å². The van der Waals surface area contributed by atoms with Gasteiger partial charge in [0.05, 0.1) is 16.6 Å². The summed E-state index contributed by atoms with van der Waals surface area (Å²) in [6.07, 6.45) is 2.25. The van der Waals surface area contributed by atoms with Crippen molar-refractivity contribution in [3.8, 4) is 11.8 Å². The van der Waals surface area contributed by atoms with Gasteiger partial charge in [-0.25, -0.2) is 0 Å². The van der Waals surface area contributed by atoms with Crippen molar-refractivity contribution in [1.29, 1.82) is 5.26 Å². The Kier molecular flexibility index (Phi) is 4.67. The number of nitrogens with zero attached hydrogens (tertiary/aromatic N) is 2. The molecule has 0 aliphatic carbocycles. The Morgan fingerprint density at radius 3 is 2.67 bits per heavy atom. The lowest BCUT2D eigenvalue weighted by Crippen LogP contribution is -1.99. The summed E-state index contributed by atoms with van der Waals surface area (Å²) < 4.78 is 5.67. The summed E-state index contributed by atoms with van der Waals surface area (Å²) in [4.78, 5) is 9.86. The lowest BCUT2D eigenvalue weighted by atomic mass is 10.1. The third-order valence-electron chi connectivity index (χ3n) is 2.82. The first kappa shape index (κ1) is 14.3. The van der Waals surface area contributed by atoms with Crippen LogP contribution in [0, 0.1) is 21.4 Å². The maximum absolute atomic E-state index is 10.4. The summed E-state index contributed by atoms with van der Waals surface area (Å²) in [7, 11) is 0. The zero-order valence-corrected chi connectivity index (χ0v) is 11.1. The molecule has 5 heteroatoms. The van der Waals surface area contributed by atoms with Crippen molar-refractivity contribution in [2.75, 3.05) is 0 Å². The van der Waals surface area contributed by atoms with Crippen LogP contribution in [0.25, 0.3) is 6.08 Å². The molecule has 0 unspecified atom stereocenters. The van der Waals surface area contributed by atoms with Gasteiger partial charge in [-0.05, 0) is 12.1 Å². The molecule has 2 rings (SSSR count). The number of nitro groups is 1. The second-order valence-corrected chi connectivity index (χ2v) is 4.20. The topological polar surface area (TPSA) is 76.2 Å². The van der Waals surface area contributed by atoms with E-state index in [2.05, 4.69) is 6.07 Å². The second kappa shape index (κ2) is 6.87. The fraction of sp³-hybridized carbons (Fsp3) is 0.0625. The Balaban J connectivity index is 2.17. The van der Waals surface area contributed by atoms with Gasteiger partial charge in [0.25, 0.3) is 0 Å². The molecule has 5 nitrogen and oxygen atoms in total. The Hall–Kier alpha value is -3.13. The standard InChI is InChI=1S/C16H12N2O3/c17-11-14-6-1-2-7-15(14)12-21-16-8-4-3-5-13(16)9-10-18(19)20/h1-10H,12H2/b10-9-. The van der Waals surface area contributed by atoms with Gasteiger partial charge in [-0.15, -0.1) is 0 Å². The van der Waals surface area contributed by atoms with Crippen LogP contribution in [0.15, 0.2) is 54.7 Å². The SMILES string of the molecule is N#Cc1ccccc1COc1ccccc1/C=C\[N+](=O)[O-]. The molecule has 0 heterocycles. The van der Waals surface area contributed by atoms with Crippen molar-refractivity contribution < 1.29 is 9.66 Å². The van der Waals surface area contributed by atoms with Crippen molar-refractivity contribution in [1.82, 2.24) is 0 Å². The van der Waals surface area contributed by atoms with Crippen molar-refractivity contribution in [3.05, 3.63) is 81.5 Å². The van der Waals surface area contributed by atoms with E-state index in [9.17, 15) is 10.1 Å². The van der Waals surface area contributed by atoms with Gasteiger partial charge in [-0.1, -0.05) is 36.4 Å². The normalized spacial score (nSPS) is 10.2. The first-order valence-electron chi connectivity index (χ1n) is 6.22. The van der Waals surface area contributed by atoms with Gasteiger partial charge in [0.15, 0.2) is 0 Å². The number of hydrogen-bond acceptors (Lipinski definition) is 4. The van der Waals surface area contributed by atoms with Crippen LogP contribution < -0.4 is 4.74 Å². The summed E-state index contributed by atoms with van der Waals surface area (Å²) in [5, 5.41) is 19.4. The molecular formula is C16H12N2O3. The highest BCUT2D eigenvalue weighted by Gasteiger charge is 2.05. The number of benzene rings is 2. The number of hydrogen-bond donors (Lipinski definition) is 0. The fourth-order valence-corrected chi connectivity index (χ4v) is 1.80. The highest BCUT2D eigenvalue weighted by Crippen LogP contribution is 2.21. The average Bonchev–Trinajstić information content (AvgIpc) is 2.51. The van der Waals surface area contributed by atoms with Gasteiger partial charge in [-0.2, -0.15) is 5.26 Å². The van der Waals surface area contributed by atoms with Gasteiger partial charge in [0, 0.05) is 17.2 Å². The van der Waals surface area contributed by atoms with Gasteiger partial charge in [-0.3, -0.25) is 10.1 Å². The molecule has 0 saturated heterocycles. The average molecular weight is 280 g/mol. The summed E-state index contributed by atoms with van der Waals surface area (Å²) in [5.74, 6) is 0.531. The van der Waals surface area contributed by atoms with E-state index in [1.165, 1.54) is 6.08 Å². The Morgan fingerprint density at radius 1 is 1.19 bits per heavy atom. The van der Waals surface area contributed by atoms with E-state index in [-0.39, 0.29) is 6.61 Å². The van der Waals surface area contributed by atoms with E-state index in [0.29, 0.717) is 16.9 Å². The molecular weight excluding hydrogens is 268 g/mol. The van der Waals surface area contributed by atoms with Gasteiger partial charge >= 0.3 is 0 Å². The molecule has 0 aromatic heterocycles. The first-order valence-corrected chi connectivity index (χ1v) is 6.22. The van der Waals surface area contributed by atoms with E-state index in [0.717, 1.165) is 11.8 Å². The predicted molar refractivity (Wildman–Crippen MR) is 78.0 cm³/mol. The molecule has 2 aromatic carbocycles. The maximum atomic E-state index is 10.4. The number of para-hydroxylation sites is 1. The minimum Gasteiger partial charge on any atom is -0.488 e. The number of rotatable bonds is 5. The lowest BCUT2D eigenvalue weighted by molar-refractivity contribution is -0.400. The second-order valence-electron chi connectivity index (χ2n) is 4.20. The van der Waals surface area contributed by atoms with E-state index >= 15 is 0 Å². The first-order chi connectivity index (χ1) is 10.2. The molecule has 0 atom stereocenters. The molecule has 0 N–H and O–H groups in total. The predicted octanol–water partition coefficient (Wildman–Crippen LogP) is 3.38. The molecule has 21 heavy (non-hydrogen) atoms. The molecule has 0 amide bonds. The molecule has 0 aliphatic heterocycles. The Labute approximate surface area is 121 Å². The molecule has 0 saturated carbocycles. The monoisotopic (exact) mass is 280 g/mol. The Morgan fingerprint density at radius 2 is 1.90 bits per heavy atom. The van der Waals surface area contributed by atoms with Crippen LogP contribution in [0.4, 0.5) is 0 Å². The zero-order chi connectivity index (χ0) is 15.1. The molecule has 0 aliphatic rings. The quantitative estimate of drug-likeness (QED) is 0.621.